The Balaban J connectivity index is 1.53. The summed E-state index contributed by atoms with van der Waals surface area (Å²) >= 11 is 0. The number of hydrogen-bond donors (Lipinski definition) is 1. The van der Waals surface area contributed by atoms with Crippen molar-refractivity contribution in [2.24, 2.45) is 0 Å². The average Bonchev–Trinajstić information content (AvgIpc) is 3.03. The quantitative estimate of drug-likeness (QED) is 0.741. The number of ether oxygens (including phenoxy) is 1. The van der Waals surface area contributed by atoms with Crippen molar-refractivity contribution in [1.29, 1.82) is 0 Å². The molecule has 3 aromatic rings. The molecule has 1 aliphatic carbocycles. The molecule has 1 unspecified atom stereocenters. The Hall–Kier alpha value is -2.58. The third-order valence-corrected chi connectivity index (χ3v) is 4.65. The SMILES string of the molecule is OC1CCc2c(-c3ccc(OCc4ccccc4)cc3)cccc21. The molecular weight excluding hydrogens is 296 g/mol. The maximum atomic E-state index is 10.1. The first-order valence-electron chi connectivity index (χ1n) is 8.38. The molecule has 0 saturated carbocycles. The summed E-state index contributed by atoms with van der Waals surface area (Å²) in [5, 5.41) is 10.1. The van der Waals surface area contributed by atoms with Gasteiger partial charge >= 0.3 is 0 Å². The Bertz CT molecular complexity index is 822. The molecule has 1 aliphatic rings. The van der Waals surface area contributed by atoms with Crippen LogP contribution in [-0.4, -0.2) is 5.11 Å². The average molecular weight is 316 g/mol. The Morgan fingerprint density at radius 2 is 1.67 bits per heavy atom. The number of fused-ring (bicyclic) bond motifs is 1. The highest BCUT2D eigenvalue weighted by atomic mass is 16.5. The van der Waals surface area contributed by atoms with Crippen molar-refractivity contribution in [3.63, 3.8) is 0 Å². The predicted molar refractivity (Wildman–Crippen MR) is 95.9 cm³/mol. The zero-order valence-corrected chi connectivity index (χ0v) is 13.5. The van der Waals surface area contributed by atoms with E-state index < -0.39 is 0 Å². The van der Waals surface area contributed by atoms with E-state index in [9.17, 15) is 5.11 Å². The lowest BCUT2D eigenvalue weighted by Crippen LogP contribution is -1.95. The molecule has 0 aliphatic heterocycles. The fourth-order valence-electron chi connectivity index (χ4n) is 3.37. The van der Waals surface area contributed by atoms with E-state index in [1.165, 1.54) is 16.7 Å². The summed E-state index contributed by atoms with van der Waals surface area (Å²) in [7, 11) is 0. The van der Waals surface area contributed by atoms with Crippen molar-refractivity contribution in [3.05, 3.63) is 89.5 Å². The summed E-state index contributed by atoms with van der Waals surface area (Å²) in [6.07, 6.45) is 1.46. The Morgan fingerprint density at radius 3 is 2.46 bits per heavy atom. The van der Waals surface area contributed by atoms with Gasteiger partial charge in [-0.2, -0.15) is 0 Å². The molecule has 1 atom stereocenters. The van der Waals surface area contributed by atoms with E-state index in [0.717, 1.165) is 29.7 Å². The van der Waals surface area contributed by atoms with Crippen molar-refractivity contribution >= 4 is 0 Å². The topological polar surface area (TPSA) is 29.5 Å². The van der Waals surface area contributed by atoms with Crippen LogP contribution in [0.2, 0.25) is 0 Å². The van der Waals surface area contributed by atoms with Crippen LogP contribution < -0.4 is 4.74 Å². The molecule has 0 spiro atoms. The molecular formula is C22H20O2. The Morgan fingerprint density at radius 1 is 0.875 bits per heavy atom. The maximum absolute atomic E-state index is 10.1. The standard InChI is InChI=1S/C22H20O2/c23-22-14-13-20-19(7-4-8-21(20)22)17-9-11-18(12-10-17)24-15-16-5-2-1-3-6-16/h1-12,22-23H,13-15H2. The fourth-order valence-corrected chi connectivity index (χ4v) is 3.37. The first kappa shape index (κ1) is 15.0. The summed E-state index contributed by atoms with van der Waals surface area (Å²) in [5.74, 6) is 0.871. The molecule has 0 fully saturated rings. The lowest BCUT2D eigenvalue weighted by atomic mass is 9.97. The van der Waals surface area contributed by atoms with E-state index in [0.29, 0.717) is 6.61 Å². The summed E-state index contributed by atoms with van der Waals surface area (Å²) < 4.78 is 5.85. The van der Waals surface area contributed by atoms with Crippen LogP contribution in [0.1, 0.15) is 29.2 Å². The number of benzene rings is 3. The second kappa shape index (κ2) is 6.50. The highest BCUT2D eigenvalue weighted by molar-refractivity contribution is 5.70. The summed E-state index contributed by atoms with van der Waals surface area (Å²) in [6, 6.07) is 24.6. The van der Waals surface area contributed by atoms with Gasteiger partial charge in [-0.05, 0) is 52.8 Å². The monoisotopic (exact) mass is 316 g/mol. The summed E-state index contributed by atoms with van der Waals surface area (Å²) in [6.45, 7) is 0.577. The van der Waals surface area contributed by atoms with Gasteiger partial charge in [0.15, 0.2) is 0 Å². The molecule has 0 heterocycles. The van der Waals surface area contributed by atoms with Crippen molar-refractivity contribution in [1.82, 2.24) is 0 Å². The zero-order chi connectivity index (χ0) is 16.4. The van der Waals surface area contributed by atoms with Crippen LogP contribution in [0.3, 0.4) is 0 Å². The van der Waals surface area contributed by atoms with E-state index in [1.54, 1.807) is 0 Å². The second-order valence-electron chi connectivity index (χ2n) is 6.23. The van der Waals surface area contributed by atoms with Crippen LogP contribution in [-0.2, 0) is 13.0 Å². The van der Waals surface area contributed by atoms with Gasteiger partial charge in [0.05, 0.1) is 6.10 Å². The van der Waals surface area contributed by atoms with Gasteiger partial charge in [-0.25, -0.2) is 0 Å². The van der Waals surface area contributed by atoms with E-state index in [1.807, 2.05) is 42.5 Å². The van der Waals surface area contributed by atoms with Gasteiger partial charge < -0.3 is 9.84 Å². The lowest BCUT2D eigenvalue weighted by molar-refractivity contribution is 0.180. The second-order valence-corrected chi connectivity index (χ2v) is 6.23. The van der Waals surface area contributed by atoms with Crippen molar-refractivity contribution < 1.29 is 9.84 Å². The first-order chi connectivity index (χ1) is 11.8. The van der Waals surface area contributed by atoms with Crippen molar-refractivity contribution in [3.8, 4) is 16.9 Å². The van der Waals surface area contributed by atoms with Crippen LogP contribution in [0.15, 0.2) is 72.8 Å². The van der Waals surface area contributed by atoms with Gasteiger partial charge in [0.2, 0.25) is 0 Å². The predicted octanol–water partition coefficient (Wildman–Crippen LogP) is 4.91. The van der Waals surface area contributed by atoms with E-state index in [4.69, 9.17) is 4.74 Å². The lowest BCUT2D eigenvalue weighted by Gasteiger charge is -2.11. The largest absolute Gasteiger partial charge is 0.489 e. The van der Waals surface area contributed by atoms with Crippen LogP contribution in [0, 0.1) is 0 Å². The summed E-state index contributed by atoms with van der Waals surface area (Å²) in [5.41, 5.74) is 5.92. The number of rotatable bonds is 4. The van der Waals surface area contributed by atoms with Gasteiger partial charge in [0, 0.05) is 0 Å². The minimum absolute atomic E-state index is 0.312. The highest BCUT2D eigenvalue weighted by Crippen LogP contribution is 2.37. The Kier molecular flexibility index (Phi) is 4.06. The van der Waals surface area contributed by atoms with Gasteiger partial charge in [0.1, 0.15) is 12.4 Å². The Labute approximate surface area is 142 Å². The molecule has 0 bridgehead atoms. The van der Waals surface area contributed by atoms with Crippen molar-refractivity contribution in [2.75, 3.05) is 0 Å². The molecule has 4 rings (SSSR count). The molecule has 0 saturated heterocycles. The molecule has 0 aromatic heterocycles. The molecule has 0 radical (unpaired) electrons. The third-order valence-electron chi connectivity index (χ3n) is 4.65. The normalized spacial score (nSPS) is 16.0. The van der Waals surface area contributed by atoms with Crippen LogP contribution in [0.25, 0.3) is 11.1 Å². The van der Waals surface area contributed by atoms with Crippen LogP contribution in [0.4, 0.5) is 0 Å². The number of aliphatic hydroxyl groups is 1. The third kappa shape index (κ3) is 2.93. The van der Waals surface area contributed by atoms with E-state index in [-0.39, 0.29) is 6.10 Å². The molecule has 3 aromatic carbocycles. The van der Waals surface area contributed by atoms with Gasteiger partial charge in [-0.15, -0.1) is 0 Å². The molecule has 2 heteroatoms. The minimum Gasteiger partial charge on any atom is -0.489 e. The van der Waals surface area contributed by atoms with Gasteiger partial charge in [-0.3, -0.25) is 0 Å². The molecule has 1 N–H and O–H groups in total. The van der Waals surface area contributed by atoms with E-state index >= 15 is 0 Å². The molecule has 24 heavy (non-hydrogen) atoms. The van der Waals surface area contributed by atoms with Crippen LogP contribution in [0.5, 0.6) is 5.75 Å². The molecule has 0 amide bonds. The van der Waals surface area contributed by atoms with Gasteiger partial charge in [-0.1, -0.05) is 60.7 Å². The number of hydrogen-bond acceptors (Lipinski definition) is 2. The van der Waals surface area contributed by atoms with E-state index in [2.05, 4.69) is 30.3 Å². The van der Waals surface area contributed by atoms with Crippen molar-refractivity contribution in [2.45, 2.75) is 25.6 Å². The smallest absolute Gasteiger partial charge is 0.119 e. The highest BCUT2D eigenvalue weighted by Gasteiger charge is 2.22. The zero-order valence-electron chi connectivity index (χ0n) is 13.5. The summed E-state index contributed by atoms with van der Waals surface area (Å²) in [4.78, 5) is 0. The minimum atomic E-state index is -0.312. The molecule has 2 nitrogen and oxygen atoms in total. The maximum Gasteiger partial charge on any atom is 0.119 e. The first-order valence-corrected chi connectivity index (χ1v) is 8.38. The number of aliphatic hydroxyl groups excluding tert-OH is 1. The van der Waals surface area contributed by atoms with Crippen LogP contribution >= 0.6 is 0 Å². The molecule has 120 valence electrons. The fraction of sp³-hybridized carbons (Fsp3) is 0.182. The van der Waals surface area contributed by atoms with Gasteiger partial charge in [0.25, 0.3) is 0 Å².